The minimum Gasteiger partial charge on any atom is -0.479 e. The van der Waals surface area contributed by atoms with E-state index in [0.29, 0.717) is 4.88 Å². The van der Waals surface area contributed by atoms with Crippen LogP contribution in [0.25, 0.3) is 0 Å². The average molecular weight is 334 g/mol. The molecule has 5 nitrogen and oxygen atoms in total. The molecule has 2 rings (SSSR count). The van der Waals surface area contributed by atoms with Gasteiger partial charge in [0.1, 0.15) is 0 Å². The lowest BCUT2D eigenvalue weighted by atomic mass is 9.91. The molecule has 98 valence electrons. The fraction of sp³-hybridized carbons (Fsp3) is 0.455. The van der Waals surface area contributed by atoms with Crippen LogP contribution in [0, 0.1) is 0 Å². The Kier molecular flexibility index (Phi) is 3.74. The van der Waals surface area contributed by atoms with Gasteiger partial charge in [-0.1, -0.05) is 0 Å². The van der Waals surface area contributed by atoms with Crippen molar-refractivity contribution in [3.63, 3.8) is 0 Å². The summed E-state index contributed by atoms with van der Waals surface area (Å²) in [6.07, 6.45) is 0.140. The molecular formula is C11H12BrNO4S. The zero-order chi connectivity index (χ0) is 13.3. The van der Waals surface area contributed by atoms with E-state index in [2.05, 4.69) is 15.9 Å². The summed E-state index contributed by atoms with van der Waals surface area (Å²) < 4.78 is 0.856. The van der Waals surface area contributed by atoms with Gasteiger partial charge >= 0.3 is 5.97 Å². The number of likely N-dealkylation sites (tertiary alicyclic amines) is 1. The molecule has 1 aliphatic heterocycles. The van der Waals surface area contributed by atoms with E-state index in [9.17, 15) is 14.7 Å². The van der Waals surface area contributed by atoms with Crippen LogP contribution in [0.15, 0.2) is 15.9 Å². The number of carboxylic acids is 1. The topological polar surface area (TPSA) is 77.8 Å². The normalized spacial score (nSPS) is 18.7. The Morgan fingerprint density at radius 1 is 1.39 bits per heavy atom. The summed E-state index contributed by atoms with van der Waals surface area (Å²) in [5.41, 5.74) is -1.69. The van der Waals surface area contributed by atoms with Crippen LogP contribution in [0.3, 0.4) is 0 Å². The summed E-state index contributed by atoms with van der Waals surface area (Å²) in [6.45, 7) is 0.522. The molecule has 0 spiro atoms. The van der Waals surface area contributed by atoms with E-state index in [1.165, 1.54) is 11.3 Å². The first-order valence-electron chi connectivity index (χ1n) is 5.41. The second-order valence-corrected chi connectivity index (χ2v) is 6.09. The Labute approximate surface area is 116 Å². The molecule has 0 bridgehead atoms. The minimum absolute atomic E-state index is 0.0701. The van der Waals surface area contributed by atoms with E-state index >= 15 is 0 Å². The molecule has 1 aromatic rings. The average Bonchev–Trinajstić information content (AvgIpc) is 2.76. The number of piperidine rings is 1. The molecule has 1 fully saturated rings. The van der Waals surface area contributed by atoms with E-state index < -0.39 is 11.6 Å². The molecule has 0 aromatic carbocycles. The van der Waals surface area contributed by atoms with Crippen molar-refractivity contribution in [2.24, 2.45) is 0 Å². The van der Waals surface area contributed by atoms with Crippen molar-refractivity contribution < 1.29 is 19.8 Å². The van der Waals surface area contributed by atoms with Crippen LogP contribution in [0.2, 0.25) is 0 Å². The number of carbonyl (C=O) groups is 2. The predicted octanol–water partition coefficient (Wildman–Crippen LogP) is 1.56. The predicted molar refractivity (Wildman–Crippen MR) is 69.7 cm³/mol. The third kappa shape index (κ3) is 2.57. The first kappa shape index (κ1) is 13.5. The summed E-state index contributed by atoms with van der Waals surface area (Å²) in [4.78, 5) is 25.1. The molecular weight excluding hydrogens is 322 g/mol. The molecule has 2 heterocycles. The van der Waals surface area contributed by atoms with E-state index in [4.69, 9.17) is 5.11 Å². The van der Waals surface area contributed by atoms with Gasteiger partial charge in [0.05, 0.1) is 4.88 Å². The summed E-state index contributed by atoms with van der Waals surface area (Å²) in [5, 5.41) is 20.5. The number of aliphatic carboxylic acids is 1. The van der Waals surface area contributed by atoms with Crippen LogP contribution in [-0.2, 0) is 4.79 Å². The Hall–Kier alpha value is -0.920. The molecule has 18 heavy (non-hydrogen) atoms. The fourth-order valence-corrected chi connectivity index (χ4v) is 3.27. The number of aliphatic hydroxyl groups is 1. The number of amides is 1. The Bertz CT molecular complexity index is 479. The lowest BCUT2D eigenvalue weighted by Crippen LogP contribution is -2.50. The van der Waals surface area contributed by atoms with Crippen molar-refractivity contribution in [1.82, 2.24) is 4.90 Å². The highest BCUT2D eigenvalue weighted by Crippen LogP contribution is 2.26. The van der Waals surface area contributed by atoms with Crippen LogP contribution in [0.5, 0.6) is 0 Å². The van der Waals surface area contributed by atoms with Gasteiger partial charge in [-0.15, -0.1) is 11.3 Å². The van der Waals surface area contributed by atoms with Gasteiger partial charge in [0, 0.05) is 35.8 Å². The first-order chi connectivity index (χ1) is 8.42. The Morgan fingerprint density at radius 3 is 2.44 bits per heavy atom. The summed E-state index contributed by atoms with van der Waals surface area (Å²) in [5.74, 6) is -1.33. The van der Waals surface area contributed by atoms with Crippen molar-refractivity contribution in [2.45, 2.75) is 18.4 Å². The van der Waals surface area contributed by atoms with Crippen LogP contribution >= 0.6 is 27.3 Å². The maximum Gasteiger partial charge on any atom is 0.335 e. The van der Waals surface area contributed by atoms with Gasteiger partial charge in [-0.2, -0.15) is 0 Å². The number of hydrogen-bond donors (Lipinski definition) is 2. The highest BCUT2D eigenvalue weighted by Gasteiger charge is 2.40. The van der Waals surface area contributed by atoms with Crippen LogP contribution < -0.4 is 0 Å². The van der Waals surface area contributed by atoms with Crippen molar-refractivity contribution in [1.29, 1.82) is 0 Å². The fourth-order valence-electron chi connectivity index (χ4n) is 1.87. The molecule has 1 saturated heterocycles. The molecule has 0 atom stereocenters. The molecule has 1 aromatic heterocycles. The maximum atomic E-state index is 12.1. The summed E-state index contributed by atoms with van der Waals surface area (Å²) in [6, 6.07) is 1.74. The number of carbonyl (C=O) groups excluding carboxylic acids is 1. The standard InChI is InChI=1S/C11H12BrNO4S/c12-7-5-8(18-6-7)9(14)13-3-1-11(17,2-4-13)10(15)16/h5-6,17H,1-4H2,(H,15,16). The van der Waals surface area contributed by atoms with Gasteiger partial charge in [-0.05, 0) is 22.0 Å². The molecule has 1 amide bonds. The number of rotatable bonds is 2. The second kappa shape index (κ2) is 4.99. The molecule has 0 saturated carbocycles. The zero-order valence-electron chi connectivity index (χ0n) is 9.43. The largest absolute Gasteiger partial charge is 0.479 e. The maximum absolute atomic E-state index is 12.1. The molecule has 7 heteroatoms. The van der Waals surface area contributed by atoms with Gasteiger partial charge in [0.25, 0.3) is 5.91 Å². The lowest BCUT2D eigenvalue weighted by Gasteiger charge is -2.35. The number of halogens is 1. The van der Waals surface area contributed by atoms with Gasteiger partial charge in [-0.3, -0.25) is 4.79 Å². The number of hydrogen-bond acceptors (Lipinski definition) is 4. The number of thiophene rings is 1. The molecule has 0 aliphatic carbocycles. The Morgan fingerprint density at radius 2 is 2.00 bits per heavy atom. The highest BCUT2D eigenvalue weighted by atomic mass is 79.9. The van der Waals surface area contributed by atoms with Gasteiger partial charge < -0.3 is 15.1 Å². The third-order valence-electron chi connectivity index (χ3n) is 3.05. The van der Waals surface area contributed by atoms with E-state index in [-0.39, 0.29) is 31.8 Å². The third-order valence-corrected chi connectivity index (χ3v) is 4.73. The smallest absolute Gasteiger partial charge is 0.335 e. The molecule has 1 aliphatic rings. The van der Waals surface area contributed by atoms with Crippen molar-refractivity contribution in [3.8, 4) is 0 Å². The molecule has 2 N–H and O–H groups in total. The van der Waals surface area contributed by atoms with Gasteiger partial charge in [0.2, 0.25) is 0 Å². The molecule has 0 radical (unpaired) electrons. The summed E-state index contributed by atoms with van der Waals surface area (Å²) in [7, 11) is 0. The van der Waals surface area contributed by atoms with Crippen molar-refractivity contribution >= 4 is 39.1 Å². The number of nitrogens with zero attached hydrogens (tertiary/aromatic N) is 1. The van der Waals surface area contributed by atoms with Crippen LogP contribution in [0.1, 0.15) is 22.5 Å². The summed E-state index contributed by atoms with van der Waals surface area (Å²) >= 11 is 4.62. The Balaban J connectivity index is 2.02. The monoisotopic (exact) mass is 333 g/mol. The van der Waals surface area contributed by atoms with Gasteiger partial charge in [0.15, 0.2) is 5.60 Å². The van der Waals surface area contributed by atoms with E-state index in [1.807, 2.05) is 5.38 Å². The lowest BCUT2D eigenvalue weighted by molar-refractivity contribution is -0.162. The minimum atomic E-state index is -1.69. The van der Waals surface area contributed by atoms with E-state index in [1.54, 1.807) is 11.0 Å². The highest BCUT2D eigenvalue weighted by molar-refractivity contribution is 9.10. The quantitative estimate of drug-likeness (QED) is 0.861. The number of carboxylic acid groups (broad SMARTS) is 1. The van der Waals surface area contributed by atoms with Crippen molar-refractivity contribution in [3.05, 3.63) is 20.8 Å². The second-order valence-electron chi connectivity index (χ2n) is 4.26. The van der Waals surface area contributed by atoms with Crippen LogP contribution in [0.4, 0.5) is 0 Å². The van der Waals surface area contributed by atoms with Crippen molar-refractivity contribution in [2.75, 3.05) is 13.1 Å². The molecule has 0 unspecified atom stereocenters. The SMILES string of the molecule is O=C(c1cc(Br)cs1)N1CCC(O)(C(=O)O)CC1. The van der Waals surface area contributed by atoms with E-state index in [0.717, 1.165) is 4.47 Å². The van der Waals surface area contributed by atoms with Crippen LogP contribution in [-0.4, -0.2) is 45.7 Å². The zero-order valence-corrected chi connectivity index (χ0v) is 11.8. The first-order valence-corrected chi connectivity index (χ1v) is 7.09. The van der Waals surface area contributed by atoms with Gasteiger partial charge in [-0.25, -0.2) is 4.79 Å².